The summed E-state index contributed by atoms with van der Waals surface area (Å²) in [6.45, 7) is 1.78. The van der Waals surface area contributed by atoms with E-state index in [0.717, 1.165) is 5.56 Å². The Labute approximate surface area is 76.6 Å². The minimum atomic E-state index is -0.242. The summed E-state index contributed by atoms with van der Waals surface area (Å²) in [6.07, 6.45) is 0. The van der Waals surface area contributed by atoms with E-state index < -0.39 is 0 Å². The van der Waals surface area contributed by atoms with Crippen LogP contribution >= 0.6 is 0 Å². The van der Waals surface area contributed by atoms with Crippen molar-refractivity contribution in [3.05, 3.63) is 35.9 Å². The second-order valence-corrected chi connectivity index (χ2v) is 2.27. The fourth-order valence-electron chi connectivity index (χ4n) is 0.759. The van der Waals surface area contributed by atoms with Crippen LogP contribution in [0.3, 0.4) is 0 Å². The van der Waals surface area contributed by atoms with E-state index in [1.54, 1.807) is 0 Å². The van der Waals surface area contributed by atoms with Gasteiger partial charge in [0.25, 0.3) is 0 Å². The highest BCUT2D eigenvalue weighted by atomic mass is 28.1. The average Bonchev–Trinajstić information content (AvgIpc) is 2.03. The Hall–Kier alpha value is -1.09. The molecular formula is C9H14O2Si. The molecule has 0 aliphatic carbocycles. The molecule has 1 aromatic rings. The first kappa shape index (κ1) is 10.9. The van der Waals surface area contributed by atoms with E-state index in [4.69, 9.17) is 4.74 Å². The van der Waals surface area contributed by atoms with Gasteiger partial charge in [0, 0.05) is 6.92 Å². The van der Waals surface area contributed by atoms with E-state index in [1.807, 2.05) is 30.3 Å². The van der Waals surface area contributed by atoms with Crippen LogP contribution in [-0.4, -0.2) is 16.9 Å². The average molecular weight is 182 g/mol. The van der Waals surface area contributed by atoms with E-state index in [9.17, 15) is 4.79 Å². The van der Waals surface area contributed by atoms with Crippen LogP contribution in [0.25, 0.3) is 0 Å². The van der Waals surface area contributed by atoms with Crippen molar-refractivity contribution in [1.29, 1.82) is 0 Å². The molecule has 0 saturated carbocycles. The first-order chi connectivity index (χ1) is 5.29. The number of carbonyl (C=O) groups is 1. The Balaban J connectivity index is 0.00000121. The Kier molecular flexibility index (Phi) is 5.04. The standard InChI is InChI=1S/C9H10O2.H4Si/c1-8(10)11-7-9-5-3-2-4-6-9;/h2-6H,7H2,1H3;1H4. The molecule has 1 rings (SSSR count). The molecule has 0 atom stereocenters. The van der Waals surface area contributed by atoms with E-state index >= 15 is 0 Å². The normalized spacial score (nSPS) is 8.42. The van der Waals surface area contributed by atoms with Crippen molar-refractivity contribution in [2.45, 2.75) is 13.5 Å². The van der Waals surface area contributed by atoms with E-state index in [-0.39, 0.29) is 16.9 Å². The zero-order valence-corrected chi connectivity index (χ0v) is 6.41. The third-order valence-corrected chi connectivity index (χ3v) is 1.28. The molecule has 12 heavy (non-hydrogen) atoms. The molecule has 66 valence electrons. The highest BCUT2D eigenvalue weighted by molar-refractivity contribution is 5.75. The summed E-state index contributed by atoms with van der Waals surface area (Å²) >= 11 is 0. The van der Waals surface area contributed by atoms with Crippen LogP contribution in [0.5, 0.6) is 0 Å². The third-order valence-electron chi connectivity index (χ3n) is 1.28. The number of benzene rings is 1. The summed E-state index contributed by atoms with van der Waals surface area (Å²) in [6, 6.07) is 9.60. The quantitative estimate of drug-likeness (QED) is 0.486. The smallest absolute Gasteiger partial charge is 0.302 e. The minimum Gasteiger partial charge on any atom is -0.461 e. The molecule has 1 aromatic carbocycles. The van der Waals surface area contributed by atoms with Gasteiger partial charge in [-0.3, -0.25) is 4.79 Å². The second kappa shape index (κ2) is 5.54. The number of carbonyl (C=O) groups excluding carboxylic acids is 1. The molecule has 0 radical (unpaired) electrons. The molecule has 0 amide bonds. The van der Waals surface area contributed by atoms with Crippen LogP contribution < -0.4 is 0 Å². The van der Waals surface area contributed by atoms with Crippen molar-refractivity contribution in [1.82, 2.24) is 0 Å². The largest absolute Gasteiger partial charge is 0.461 e. The Morgan fingerprint density at radius 3 is 2.42 bits per heavy atom. The lowest BCUT2D eigenvalue weighted by Crippen LogP contribution is -1.97. The number of hydrogen-bond acceptors (Lipinski definition) is 2. The maximum atomic E-state index is 10.4. The van der Waals surface area contributed by atoms with Crippen LogP contribution in [0.2, 0.25) is 0 Å². The lowest BCUT2D eigenvalue weighted by atomic mass is 10.2. The topological polar surface area (TPSA) is 26.3 Å². The van der Waals surface area contributed by atoms with Crippen molar-refractivity contribution >= 4 is 16.9 Å². The lowest BCUT2D eigenvalue weighted by molar-refractivity contribution is -0.142. The lowest BCUT2D eigenvalue weighted by Gasteiger charge is -1.99. The van der Waals surface area contributed by atoms with Gasteiger partial charge in [-0.1, -0.05) is 30.3 Å². The summed E-state index contributed by atoms with van der Waals surface area (Å²) in [5, 5.41) is 0. The third kappa shape index (κ3) is 3.93. The minimum absolute atomic E-state index is 0. The number of rotatable bonds is 2. The predicted octanol–water partition coefficient (Wildman–Crippen LogP) is 0.298. The van der Waals surface area contributed by atoms with Gasteiger partial charge in [0.2, 0.25) is 0 Å². The first-order valence-electron chi connectivity index (χ1n) is 3.46. The SMILES string of the molecule is CC(=O)OCc1ccccc1.[SiH4]. The Bertz CT molecular complexity index is 234. The van der Waals surface area contributed by atoms with E-state index in [2.05, 4.69) is 0 Å². The second-order valence-electron chi connectivity index (χ2n) is 2.27. The molecule has 2 nitrogen and oxygen atoms in total. The van der Waals surface area contributed by atoms with Gasteiger partial charge >= 0.3 is 5.97 Å². The zero-order valence-electron chi connectivity index (χ0n) is 6.41. The van der Waals surface area contributed by atoms with Crippen LogP contribution in [-0.2, 0) is 16.1 Å². The number of ether oxygens (including phenoxy) is 1. The summed E-state index contributed by atoms with van der Waals surface area (Å²) in [4.78, 5) is 10.4. The van der Waals surface area contributed by atoms with Gasteiger partial charge in [0.1, 0.15) is 6.61 Å². The molecule has 0 heterocycles. The molecule has 0 spiro atoms. The molecule has 0 N–H and O–H groups in total. The summed E-state index contributed by atoms with van der Waals surface area (Å²) < 4.78 is 4.79. The number of esters is 1. The maximum absolute atomic E-state index is 10.4. The van der Waals surface area contributed by atoms with Crippen molar-refractivity contribution in [2.75, 3.05) is 0 Å². The molecule has 0 fully saturated rings. The van der Waals surface area contributed by atoms with Gasteiger partial charge in [-0.25, -0.2) is 0 Å². The van der Waals surface area contributed by atoms with Crippen LogP contribution in [0.1, 0.15) is 12.5 Å². The van der Waals surface area contributed by atoms with Gasteiger partial charge in [-0.15, -0.1) is 0 Å². The van der Waals surface area contributed by atoms with Gasteiger partial charge in [0.05, 0.1) is 0 Å². The maximum Gasteiger partial charge on any atom is 0.302 e. The molecule has 0 bridgehead atoms. The van der Waals surface area contributed by atoms with Crippen molar-refractivity contribution in [3.8, 4) is 0 Å². The molecule has 0 aliphatic heterocycles. The van der Waals surface area contributed by atoms with Gasteiger partial charge in [0.15, 0.2) is 0 Å². The molecule has 3 heteroatoms. The van der Waals surface area contributed by atoms with Crippen LogP contribution in [0, 0.1) is 0 Å². The zero-order chi connectivity index (χ0) is 8.10. The van der Waals surface area contributed by atoms with E-state index in [0.29, 0.717) is 6.61 Å². The van der Waals surface area contributed by atoms with Gasteiger partial charge in [-0.2, -0.15) is 0 Å². The van der Waals surface area contributed by atoms with Crippen LogP contribution in [0.15, 0.2) is 30.3 Å². The van der Waals surface area contributed by atoms with Crippen molar-refractivity contribution in [2.24, 2.45) is 0 Å². The van der Waals surface area contributed by atoms with Gasteiger partial charge < -0.3 is 4.74 Å². The highest BCUT2D eigenvalue weighted by Gasteiger charge is 1.93. The summed E-state index contributed by atoms with van der Waals surface area (Å²) in [5.74, 6) is -0.242. The Morgan fingerprint density at radius 1 is 1.33 bits per heavy atom. The van der Waals surface area contributed by atoms with Crippen molar-refractivity contribution < 1.29 is 9.53 Å². The van der Waals surface area contributed by atoms with Crippen molar-refractivity contribution in [3.63, 3.8) is 0 Å². The fraction of sp³-hybridized carbons (Fsp3) is 0.222. The molecule has 0 aromatic heterocycles. The predicted molar refractivity (Wildman–Crippen MR) is 53.2 cm³/mol. The molecule has 0 unspecified atom stereocenters. The molecular weight excluding hydrogens is 168 g/mol. The highest BCUT2D eigenvalue weighted by Crippen LogP contribution is 1.99. The first-order valence-corrected chi connectivity index (χ1v) is 3.46. The van der Waals surface area contributed by atoms with E-state index in [1.165, 1.54) is 6.92 Å². The summed E-state index contributed by atoms with van der Waals surface area (Å²) in [7, 11) is 0. The molecule has 0 saturated heterocycles. The van der Waals surface area contributed by atoms with Crippen LogP contribution in [0.4, 0.5) is 0 Å². The number of hydrogen-bond donors (Lipinski definition) is 0. The monoisotopic (exact) mass is 182 g/mol. The van der Waals surface area contributed by atoms with Gasteiger partial charge in [-0.05, 0) is 16.5 Å². The molecule has 0 aliphatic rings. The summed E-state index contributed by atoms with van der Waals surface area (Å²) in [5.41, 5.74) is 1.02. The Morgan fingerprint density at radius 2 is 1.92 bits per heavy atom. The fourth-order valence-corrected chi connectivity index (χ4v) is 0.759.